The highest BCUT2D eigenvalue weighted by Crippen LogP contribution is 2.30. The zero-order valence-corrected chi connectivity index (χ0v) is 14.3. The molecule has 0 aliphatic carbocycles. The SMILES string of the molecule is Fc1ccccc1CN1CCN(c2nccn3cc(C(F)(F)F)nc23)CC1. The second-order valence-corrected chi connectivity index (χ2v) is 6.46. The van der Waals surface area contributed by atoms with E-state index < -0.39 is 11.9 Å². The van der Waals surface area contributed by atoms with Crippen molar-refractivity contribution < 1.29 is 17.6 Å². The van der Waals surface area contributed by atoms with Gasteiger partial charge in [-0.1, -0.05) is 18.2 Å². The van der Waals surface area contributed by atoms with Gasteiger partial charge >= 0.3 is 6.18 Å². The van der Waals surface area contributed by atoms with E-state index in [2.05, 4.69) is 14.9 Å². The molecule has 9 heteroatoms. The Morgan fingerprint density at radius 2 is 1.78 bits per heavy atom. The molecular formula is C18H17F4N5. The van der Waals surface area contributed by atoms with Crippen LogP contribution in [-0.4, -0.2) is 45.4 Å². The van der Waals surface area contributed by atoms with E-state index in [4.69, 9.17) is 0 Å². The van der Waals surface area contributed by atoms with E-state index in [0.717, 1.165) is 6.20 Å². The molecule has 0 amide bonds. The molecule has 3 aromatic rings. The first-order valence-corrected chi connectivity index (χ1v) is 8.53. The van der Waals surface area contributed by atoms with Crippen molar-refractivity contribution in [2.45, 2.75) is 12.7 Å². The van der Waals surface area contributed by atoms with Crippen molar-refractivity contribution in [2.24, 2.45) is 0 Å². The average Bonchev–Trinajstić information content (AvgIpc) is 3.09. The third kappa shape index (κ3) is 3.59. The van der Waals surface area contributed by atoms with Crippen LogP contribution in [0.4, 0.5) is 23.4 Å². The summed E-state index contributed by atoms with van der Waals surface area (Å²) in [6.07, 6.45) is -0.609. The minimum atomic E-state index is -4.50. The number of fused-ring (bicyclic) bond motifs is 1. The van der Waals surface area contributed by atoms with Crippen LogP contribution in [0, 0.1) is 5.82 Å². The van der Waals surface area contributed by atoms with Crippen LogP contribution in [-0.2, 0) is 12.7 Å². The van der Waals surface area contributed by atoms with Crippen LogP contribution in [0.2, 0.25) is 0 Å². The zero-order valence-electron chi connectivity index (χ0n) is 14.3. The number of rotatable bonds is 3. The summed E-state index contributed by atoms with van der Waals surface area (Å²) in [6.45, 7) is 2.97. The highest BCUT2D eigenvalue weighted by Gasteiger charge is 2.34. The zero-order chi connectivity index (χ0) is 19.0. The van der Waals surface area contributed by atoms with Gasteiger partial charge in [-0.3, -0.25) is 4.90 Å². The lowest BCUT2D eigenvalue weighted by Crippen LogP contribution is -2.46. The Balaban J connectivity index is 1.50. The topological polar surface area (TPSA) is 36.7 Å². The maximum absolute atomic E-state index is 13.8. The smallest absolute Gasteiger partial charge is 0.351 e. The number of nitrogens with zero attached hydrogens (tertiary/aromatic N) is 5. The Bertz CT molecular complexity index is 944. The van der Waals surface area contributed by atoms with Crippen molar-refractivity contribution in [3.63, 3.8) is 0 Å². The molecule has 27 heavy (non-hydrogen) atoms. The fourth-order valence-electron chi connectivity index (χ4n) is 3.25. The number of hydrogen-bond donors (Lipinski definition) is 0. The van der Waals surface area contributed by atoms with Crippen molar-refractivity contribution in [1.82, 2.24) is 19.3 Å². The van der Waals surface area contributed by atoms with E-state index in [1.807, 2.05) is 4.90 Å². The van der Waals surface area contributed by atoms with Crippen LogP contribution in [0.3, 0.4) is 0 Å². The molecule has 0 N–H and O–H groups in total. The van der Waals surface area contributed by atoms with E-state index in [-0.39, 0.29) is 11.5 Å². The Morgan fingerprint density at radius 1 is 1.04 bits per heavy atom. The summed E-state index contributed by atoms with van der Waals surface area (Å²) in [5.41, 5.74) is -0.114. The summed E-state index contributed by atoms with van der Waals surface area (Å²) >= 11 is 0. The van der Waals surface area contributed by atoms with Crippen LogP contribution in [0.25, 0.3) is 5.65 Å². The quantitative estimate of drug-likeness (QED) is 0.655. The van der Waals surface area contributed by atoms with Crippen LogP contribution in [0.15, 0.2) is 42.9 Å². The van der Waals surface area contributed by atoms with Crippen LogP contribution in [0.5, 0.6) is 0 Å². The first-order chi connectivity index (χ1) is 12.9. The average molecular weight is 379 g/mol. The molecule has 2 aromatic heterocycles. The highest BCUT2D eigenvalue weighted by atomic mass is 19.4. The van der Waals surface area contributed by atoms with Crippen molar-refractivity contribution >= 4 is 11.5 Å². The summed E-state index contributed by atoms with van der Waals surface area (Å²) in [5, 5.41) is 0. The fourth-order valence-corrected chi connectivity index (χ4v) is 3.25. The molecule has 142 valence electrons. The Morgan fingerprint density at radius 3 is 2.48 bits per heavy atom. The third-order valence-corrected chi connectivity index (χ3v) is 4.67. The molecule has 0 saturated carbocycles. The molecule has 0 unspecified atom stereocenters. The summed E-state index contributed by atoms with van der Waals surface area (Å²) in [5.74, 6) is 0.196. The number of imidazole rings is 1. The number of hydrogen-bond acceptors (Lipinski definition) is 4. The Hall–Kier alpha value is -2.68. The maximum atomic E-state index is 13.8. The van der Waals surface area contributed by atoms with Gasteiger partial charge in [-0.15, -0.1) is 0 Å². The highest BCUT2D eigenvalue weighted by molar-refractivity contribution is 5.64. The third-order valence-electron chi connectivity index (χ3n) is 4.67. The van der Waals surface area contributed by atoms with Gasteiger partial charge in [0.1, 0.15) is 5.82 Å². The van der Waals surface area contributed by atoms with E-state index in [9.17, 15) is 17.6 Å². The van der Waals surface area contributed by atoms with Gasteiger partial charge in [0, 0.05) is 56.9 Å². The second kappa shape index (κ2) is 6.80. The van der Waals surface area contributed by atoms with E-state index >= 15 is 0 Å². The van der Waals surface area contributed by atoms with Gasteiger partial charge in [0.2, 0.25) is 0 Å². The van der Waals surface area contributed by atoms with Crippen LogP contribution >= 0.6 is 0 Å². The second-order valence-electron chi connectivity index (χ2n) is 6.46. The number of benzene rings is 1. The molecule has 0 atom stereocenters. The molecule has 0 radical (unpaired) electrons. The van der Waals surface area contributed by atoms with E-state index in [1.54, 1.807) is 18.2 Å². The molecule has 3 heterocycles. The molecule has 1 aliphatic rings. The molecule has 1 aliphatic heterocycles. The standard InChI is InChI=1S/C18H17F4N5/c19-14-4-2-1-3-13(14)11-25-7-9-26(10-8-25)16-17-24-15(18(20,21)22)12-27(17)6-5-23-16/h1-6,12H,7-11H2. The summed E-state index contributed by atoms with van der Waals surface area (Å²) in [4.78, 5) is 12.0. The van der Waals surface area contributed by atoms with E-state index in [1.165, 1.54) is 22.9 Å². The molecule has 1 saturated heterocycles. The van der Waals surface area contributed by atoms with Gasteiger partial charge in [-0.2, -0.15) is 13.2 Å². The van der Waals surface area contributed by atoms with Gasteiger partial charge in [-0.25, -0.2) is 14.4 Å². The molecule has 1 fully saturated rings. The first kappa shape index (κ1) is 17.7. The van der Waals surface area contributed by atoms with Crippen molar-refractivity contribution in [1.29, 1.82) is 0 Å². The lowest BCUT2D eigenvalue weighted by Gasteiger charge is -2.35. The van der Waals surface area contributed by atoms with E-state index in [0.29, 0.717) is 44.1 Å². The summed E-state index contributed by atoms with van der Waals surface area (Å²) < 4.78 is 54.0. The molecular weight excluding hydrogens is 362 g/mol. The number of anilines is 1. The number of piperazine rings is 1. The number of aromatic nitrogens is 3. The number of alkyl halides is 3. The predicted octanol–water partition coefficient (Wildman–Crippen LogP) is 3.21. The van der Waals surface area contributed by atoms with Gasteiger partial charge in [0.25, 0.3) is 0 Å². The molecule has 1 aromatic carbocycles. The minimum absolute atomic E-state index is 0.187. The summed E-state index contributed by atoms with van der Waals surface area (Å²) in [7, 11) is 0. The predicted molar refractivity (Wildman–Crippen MR) is 91.9 cm³/mol. The van der Waals surface area contributed by atoms with Gasteiger partial charge in [0.05, 0.1) is 0 Å². The Labute approximate surface area is 152 Å². The lowest BCUT2D eigenvalue weighted by molar-refractivity contribution is -0.140. The number of halogens is 4. The molecule has 0 bridgehead atoms. The van der Waals surface area contributed by atoms with Crippen LogP contribution < -0.4 is 4.90 Å². The largest absolute Gasteiger partial charge is 0.434 e. The summed E-state index contributed by atoms with van der Waals surface area (Å²) in [6, 6.07) is 6.65. The Kier molecular flexibility index (Phi) is 4.47. The van der Waals surface area contributed by atoms with Crippen molar-refractivity contribution in [3.8, 4) is 0 Å². The normalized spacial score (nSPS) is 16.2. The van der Waals surface area contributed by atoms with Gasteiger partial charge in [0.15, 0.2) is 17.2 Å². The van der Waals surface area contributed by atoms with Gasteiger partial charge in [-0.05, 0) is 6.07 Å². The van der Waals surface area contributed by atoms with Crippen molar-refractivity contribution in [2.75, 3.05) is 31.1 Å². The minimum Gasteiger partial charge on any atom is -0.351 e. The lowest BCUT2D eigenvalue weighted by atomic mass is 10.2. The monoisotopic (exact) mass is 379 g/mol. The first-order valence-electron chi connectivity index (χ1n) is 8.53. The molecule has 5 nitrogen and oxygen atoms in total. The molecule has 0 spiro atoms. The van der Waals surface area contributed by atoms with Gasteiger partial charge < -0.3 is 9.30 Å². The van der Waals surface area contributed by atoms with Crippen molar-refractivity contribution in [3.05, 3.63) is 59.9 Å². The molecule has 4 rings (SSSR count). The maximum Gasteiger partial charge on any atom is 0.434 e. The van der Waals surface area contributed by atoms with Crippen LogP contribution in [0.1, 0.15) is 11.3 Å². The fraction of sp³-hybridized carbons (Fsp3) is 0.333.